The molecule has 3 rings (SSSR count). The van der Waals surface area contributed by atoms with Crippen molar-refractivity contribution in [2.75, 3.05) is 26.1 Å². The largest absolute Gasteiger partial charge is 0.493 e. The lowest BCUT2D eigenvalue weighted by molar-refractivity contribution is -0.146. The first-order valence-corrected chi connectivity index (χ1v) is 11.0. The third-order valence-electron chi connectivity index (χ3n) is 5.87. The molecule has 2 aromatic carbocycles. The van der Waals surface area contributed by atoms with Gasteiger partial charge < -0.3 is 34.8 Å². The summed E-state index contributed by atoms with van der Waals surface area (Å²) >= 11 is 5.92. The molecule has 0 fully saturated rings. The Hall–Kier alpha value is -2.85. The Labute approximate surface area is 202 Å². The second kappa shape index (κ2) is 10.6. The molecule has 0 aliphatic carbocycles. The van der Waals surface area contributed by atoms with E-state index in [0.717, 1.165) is 5.56 Å². The number of nitrogens with one attached hydrogen (secondary N) is 1. The van der Waals surface area contributed by atoms with Crippen LogP contribution in [-0.4, -0.2) is 59.7 Å². The molecule has 34 heavy (non-hydrogen) atoms. The predicted octanol–water partition coefficient (Wildman–Crippen LogP) is 2.70. The number of carbonyl (C=O) groups is 2. The lowest BCUT2D eigenvalue weighted by atomic mass is 9.84. The van der Waals surface area contributed by atoms with Crippen molar-refractivity contribution in [3.63, 3.8) is 0 Å². The molecule has 184 valence electrons. The number of hydrogen-bond donors (Lipinski definition) is 4. The Kier molecular flexibility index (Phi) is 8.04. The Bertz CT molecular complexity index is 1060. The van der Waals surface area contributed by atoms with Gasteiger partial charge in [-0.2, -0.15) is 0 Å². The molecule has 4 atom stereocenters. The number of aliphatic hydroxyl groups is 2. The van der Waals surface area contributed by atoms with Gasteiger partial charge in [0, 0.05) is 22.2 Å². The SMILES string of the molecule is COc1cccc([C@H]2O[C@H](CC(=O)O)C(=O)Nc3ccc(CC(C)(CO)C(O)Cl)cc32)c1OC. The molecule has 0 spiro atoms. The first-order valence-electron chi connectivity index (χ1n) is 10.6. The Morgan fingerprint density at radius 2 is 1.97 bits per heavy atom. The highest BCUT2D eigenvalue weighted by Gasteiger charge is 2.36. The molecular formula is C24H28ClNO8. The Balaban J connectivity index is 2.17. The van der Waals surface area contributed by atoms with Crippen molar-refractivity contribution in [1.29, 1.82) is 0 Å². The van der Waals surface area contributed by atoms with Crippen LogP contribution < -0.4 is 14.8 Å². The molecule has 0 radical (unpaired) electrons. The molecule has 9 nitrogen and oxygen atoms in total. The van der Waals surface area contributed by atoms with Crippen LogP contribution in [0.25, 0.3) is 0 Å². The van der Waals surface area contributed by atoms with Crippen LogP contribution in [-0.2, 0) is 20.7 Å². The molecule has 0 bridgehead atoms. The van der Waals surface area contributed by atoms with Crippen molar-refractivity contribution < 1.29 is 39.1 Å². The van der Waals surface area contributed by atoms with Gasteiger partial charge in [0.2, 0.25) is 0 Å². The van der Waals surface area contributed by atoms with Crippen molar-refractivity contribution in [1.82, 2.24) is 0 Å². The van der Waals surface area contributed by atoms with Gasteiger partial charge in [0.1, 0.15) is 17.8 Å². The van der Waals surface area contributed by atoms with Crippen molar-refractivity contribution >= 4 is 29.2 Å². The van der Waals surface area contributed by atoms with Crippen molar-refractivity contribution in [2.24, 2.45) is 5.41 Å². The molecule has 2 unspecified atom stereocenters. The number of para-hydroxylation sites is 1. The average molecular weight is 494 g/mol. The lowest BCUT2D eigenvalue weighted by Gasteiger charge is -2.29. The monoisotopic (exact) mass is 493 g/mol. The minimum absolute atomic E-state index is 0.232. The van der Waals surface area contributed by atoms with Crippen LogP contribution in [0.2, 0.25) is 0 Å². The summed E-state index contributed by atoms with van der Waals surface area (Å²) in [5.41, 5.74) is -0.0600. The van der Waals surface area contributed by atoms with E-state index in [4.69, 9.17) is 25.8 Å². The molecule has 10 heteroatoms. The molecular weight excluding hydrogens is 466 g/mol. The minimum atomic E-state index is -1.29. The Morgan fingerprint density at radius 3 is 2.56 bits per heavy atom. The molecule has 1 aliphatic heterocycles. The summed E-state index contributed by atoms with van der Waals surface area (Å²) in [6.07, 6.45) is -2.45. The van der Waals surface area contributed by atoms with E-state index in [0.29, 0.717) is 28.3 Å². The summed E-state index contributed by atoms with van der Waals surface area (Å²) in [7, 11) is 2.97. The summed E-state index contributed by atoms with van der Waals surface area (Å²) in [5.74, 6) is -0.945. The highest BCUT2D eigenvalue weighted by atomic mass is 35.5. The number of aliphatic carboxylic acids is 1. The van der Waals surface area contributed by atoms with Crippen molar-refractivity contribution in [2.45, 2.75) is 37.5 Å². The maximum atomic E-state index is 12.8. The quantitative estimate of drug-likeness (QED) is 0.392. The number of anilines is 1. The average Bonchev–Trinajstić information content (AvgIpc) is 2.94. The standard InChI is InChI=1S/C24H28ClNO8/c1-24(12-27,23(25)31)11-13-7-8-16-15(9-13)20(34-18(10-19(28)29)22(30)26-16)14-5-4-6-17(32-2)21(14)33-3/h4-9,18,20,23,27,31H,10-12H2,1-3H3,(H,26,30)(H,28,29)/t18-,20-,23?,24?/m1/s1. The van der Waals surface area contributed by atoms with Gasteiger partial charge in [0.25, 0.3) is 5.91 Å². The highest BCUT2D eigenvalue weighted by Crippen LogP contribution is 2.44. The number of carboxylic acids is 1. The van der Waals surface area contributed by atoms with Gasteiger partial charge >= 0.3 is 5.97 Å². The molecule has 1 heterocycles. The van der Waals surface area contributed by atoms with Crippen molar-refractivity contribution in [3.05, 3.63) is 53.1 Å². The number of halogens is 1. The first kappa shape index (κ1) is 25.8. The summed E-state index contributed by atoms with van der Waals surface area (Å²) in [4.78, 5) is 24.2. The van der Waals surface area contributed by atoms with Gasteiger partial charge in [0.05, 0.1) is 27.2 Å². The van der Waals surface area contributed by atoms with Crippen LogP contribution in [0.5, 0.6) is 11.5 Å². The van der Waals surface area contributed by atoms with E-state index in [9.17, 15) is 24.9 Å². The number of methoxy groups -OCH3 is 2. The first-order chi connectivity index (χ1) is 16.1. The van der Waals surface area contributed by atoms with Gasteiger partial charge in [-0.05, 0) is 24.1 Å². The number of carbonyl (C=O) groups excluding carboxylic acids is 1. The number of ether oxygens (including phenoxy) is 3. The maximum absolute atomic E-state index is 12.8. The third kappa shape index (κ3) is 5.28. The topological polar surface area (TPSA) is 135 Å². The van der Waals surface area contributed by atoms with Gasteiger partial charge in [-0.15, -0.1) is 0 Å². The summed E-state index contributed by atoms with van der Waals surface area (Å²) in [6.45, 7) is 1.30. The van der Waals surface area contributed by atoms with E-state index in [2.05, 4.69) is 5.32 Å². The van der Waals surface area contributed by atoms with Crippen LogP contribution in [0.3, 0.4) is 0 Å². The van der Waals surface area contributed by atoms with E-state index in [1.807, 2.05) is 0 Å². The summed E-state index contributed by atoms with van der Waals surface area (Å²) in [5, 5.41) is 31.8. The fourth-order valence-corrected chi connectivity index (χ4v) is 4.05. The lowest BCUT2D eigenvalue weighted by Crippen LogP contribution is -2.34. The maximum Gasteiger partial charge on any atom is 0.306 e. The van der Waals surface area contributed by atoms with Crippen LogP contribution in [0, 0.1) is 5.41 Å². The van der Waals surface area contributed by atoms with E-state index in [1.54, 1.807) is 43.3 Å². The number of fused-ring (bicyclic) bond motifs is 1. The Morgan fingerprint density at radius 1 is 1.24 bits per heavy atom. The van der Waals surface area contributed by atoms with E-state index >= 15 is 0 Å². The summed E-state index contributed by atoms with van der Waals surface area (Å²) < 4.78 is 17.1. The summed E-state index contributed by atoms with van der Waals surface area (Å²) in [6, 6.07) is 10.4. The third-order valence-corrected chi connectivity index (χ3v) is 6.40. The fourth-order valence-electron chi connectivity index (χ4n) is 3.91. The van der Waals surface area contributed by atoms with E-state index in [-0.39, 0.29) is 13.0 Å². The number of aliphatic hydroxyl groups excluding tert-OH is 2. The number of carboxylic acid groups (broad SMARTS) is 1. The number of amides is 1. The van der Waals surface area contributed by atoms with Gasteiger partial charge in [-0.3, -0.25) is 9.59 Å². The van der Waals surface area contributed by atoms with Gasteiger partial charge in [0.15, 0.2) is 11.5 Å². The molecule has 0 saturated heterocycles. The molecule has 0 saturated carbocycles. The molecule has 0 aromatic heterocycles. The van der Waals surface area contributed by atoms with Crippen LogP contribution >= 0.6 is 11.6 Å². The second-order valence-electron chi connectivity index (χ2n) is 8.42. The van der Waals surface area contributed by atoms with E-state index < -0.39 is 41.5 Å². The molecule has 1 aliphatic rings. The number of alkyl halides is 1. The normalized spacial score (nSPS) is 20.4. The zero-order chi connectivity index (χ0) is 25.0. The van der Waals surface area contributed by atoms with Gasteiger partial charge in [-0.25, -0.2) is 0 Å². The number of benzene rings is 2. The highest BCUT2D eigenvalue weighted by molar-refractivity contribution is 6.20. The van der Waals surface area contributed by atoms with E-state index in [1.165, 1.54) is 14.2 Å². The zero-order valence-corrected chi connectivity index (χ0v) is 19.8. The molecule has 4 N–H and O–H groups in total. The predicted molar refractivity (Wildman–Crippen MR) is 124 cm³/mol. The molecule has 1 amide bonds. The molecule has 2 aromatic rings. The zero-order valence-electron chi connectivity index (χ0n) is 19.1. The van der Waals surface area contributed by atoms with Gasteiger partial charge in [-0.1, -0.05) is 42.8 Å². The fraction of sp³-hybridized carbons (Fsp3) is 0.417. The van der Waals surface area contributed by atoms with Crippen LogP contribution in [0.1, 0.15) is 36.1 Å². The smallest absolute Gasteiger partial charge is 0.306 e. The van der Waals surface area contributed by atoms with Crippen molar-refractivity contribution in [3.8, 4) is 11.5 Å². The minimum Gasteiger partial charge on any atom is -0.493 e. The van der Waals surface area contributed by atoms with Crippen LogP contribution in [0.4, 0.5) is 5.69 Å². The van der Waals surface area contributed by atoms with Crippen LogP contribution in [0.15, 0.2) is 36.4 Å². The number of hydrogen-bond acceptors (Lipinski definition) is 7. The second-order valence-corrected chi connectivity index (χ2v) is 8.83. The number of rotatable bonds is 9.